The molecule has 4 heterocycles. The van der Waals surface area contributed by atoms with Crippen LogP contribution in [0.15, 0.2) is 30.3 Å². The lowest BCUT2D eigenvalue weighted by Crippen LogP contribution is -2.36. The minimum Gasteiger partial charge on any atom is -0.356 e. The van der Waals surface area contributed by atoms with Crippen molar-refractivity contribution in [2.75, 3.05) is 18.0 Å². The molecule has 0 spiro atoms. The van der Waals surface area contributed by atoms with Gasteiger partial charge < -0.3 is 9.47 Å². The molecule has 0 saturated carbocycles. The number of fused-ring (bicyclic) bond motifs is 1. The number of aromatic nitrogens is 5. The van der Waals surface area contributed by atoms with Crippen LogP contribution in [-0.4, -0.2) is 42.7 Å². The van der Waals surface area contributed by atoms with Gasteiger partial charge in [-0.3, -0.25) is 10.1 Å². The van der Waals surface area contributed by atoms with Crippen LogP contribution in [0.5, 0.6) is 0 Å². The van der Waals surface area contributed by atoms with Crippen molar-refractivity contribution in [1.29, 1.82) is 0 Å². The maximum Gasteiger partial charge on any atom is 0.269 e. The second kappa shape index (κ2) is 7.47. The molecule has 3 aromatic rings. The largest absolute Gasteiger partial charge is 0.356 e. The van der Waals surface area contributed by atoms with E-state index in [-0.39, 0.29) is 5.69 Å². The number of hydrogen-bond donors (Lipinski definition) is 0. The first-order valence-electron chi connectivity index (χ1n) is 10.4. The molecule has 2 aliphatic heterocycles. The maximum atomic E-state index is 10.9. The first-order chi connectivity index (χ1) is 14.6. The summed E-state index contributed by atoms with van der Waals surface area (Å²) in [7, 11) is 0. The minimum absolute atomic E-state index is 0.0614. The molecule has 5 rings (SSSR count). The third-order valence-electron chi connectivity index (χ3n) is 5.93. The SMILES string of the molecule is Cc1cc(N2CCCC(c3nnc4n3CCC4)C2)nc(-c2ccc([N+](=O)[O-])cc2)n1. The van der Waals surface area contributed by atoms with Crippen LogP contribution in [0.3, 0.4) is 0 Å². The Morgan fingerprint density at radius 2 is 1.93 bits per heavy atom. The molecule has 0 N–H and O–H groups in total. The zero-order valence-corrected chi connectivity index (χ0v) is 16.9. The lowest BCUT2D eigenvalue weighted by atomic mass is 9.97. The molecule has 0 aliphatic carbocycles. The fourth-order valence-corrected chi connectivity index (χ4v) is 4.45. The Morgan fingerprint density at radius 1 is 1.10 bits per heavy atom. The van der Waals surface area contributed by atoms with E-state index in [1.807, 2.05) is 13.0 Å². The highest BCUT2D eigenvalue weighted by molar-refractivity contribution is 5.60. The van der Waals surface area contributed by atoms with Gasteiger partial charge in [0.05, 0.1) is 4.92 Å². The summed E-state index contributed by atoms with van der Waals surface area (Å²) in [6.07, 6.45) is 4.35. The van der Waals surface area contributed by atoms with Gasteiger partial charge in [0, 0.05) is 61.4 Å². The summed E-state index contributed by atoms with van der Waals surface area (Å²) in [6, 6.07) is 8.39. The molecular weight excluding hydrogens is 382 g/mol. The summed E-state index contributed by atoms with van der Waals surface area (Å²) in [5, 5.41) is 19.8. The zero-order valence-electron chi connectivity index (χ0n) is 16.9. The van der Waals surface area contributed by atoms with E-state index in [0.29, 0.717) is 11.7 Å². The first kappa shape index (κ1) is 18.7. The number of aryl methyl sites for hydroxylation is 2. The van der Waals surface area contributed by atoms with Crippen LogP contribution in [-0.2, 0) is 13.0 Å². The van der Waals surface area contributed by atoms with Crippen molar-refractivity contribution in [3.05, 3.63) is 57.8 Å². The Morgan fingerprint density at radius 3 is 2.73 bits per heavy atom. The van der Waals surface area contributed by atoms with Crippen LogP contribution in [0, 0.1) is 17.0 Å². The van der Waals surface area contributed by atoms with Gasteiger partial charge in [0.1, 0.15) is 17.5 Å². The van der Waals surface area contributed by atoms with E-state index >= 15 is 0 Å². The highest BCUT2D eigenvalue weighted by atomic mass is 16.6. The molecule has 1 fully saturated rings. The molecule has 2 aliphatic rings. The first-order valence-corrected chi connectivity index (χ1v) is 10.4. The normalized spacial score (nSPS) is 18.4. The molecule has 1 saturated heterocycles. The third-order valence-corrected chi connectivity index (χ3v) is 5.93. The summed E-state index contributed by atoms with van der Waals surface area (Å²) in [5.74, 6) is 4.04. The van der Waals surface area contributed by atoms with Gasteiger partial charge in [0.25, 0.3) is 5.69 Å². The summed E-state index contributed by atoms with van der Waals surface area (Å²) in [5.41, 5.74) is 1.71. The van der Waals surface area contributed by atoms with Gasteiger partial charge in [-0.05, 0) is 38.3 Å². The number of hydrogen-bond acceptors (Lipinski definition) is 7. The molecule has 1 unspecified atom stereocenters. The van der Waals surface area contributed by atoms with Gasteiger partial charge >= 0.3 is 0 Å². The number of non-ortho nitro benzene ring substituents is 1. The van der Waals surface area contributed by atoms with Crippen LogP contribution in [0.1, 0.15) is 42.5 Å². The van der Waals surface area contributed by atoms with Crippen LogP contribution >= 0.6 is 0 Å². The number of nitro benzene ring substituents is 1. The summed E-state index contributed by atoms with van der Waals surface area (Å²) in [4.78, 5) is 22.2. The topological polar surface area (TPSA) is 103 Å². The number of anilines is 1. The van der Waals surface area contributed by atoms with Crippen molar-refractivity contribution in [2.24, 2.45) is 0 Å². The predicted molar refractivity (Wildman–Crippen MR) is 111 cm³/mol. The van der Waals surface area contributed by atoms with E-state index in [9.17, 15) is 10.1 Å². The molecule has 1 atom stereocenters. The zero-order chi connectivity index (χ0) is 20.7. The van der Waals surface area contributed by atoms with Crippen LogP contribution < -0.4 is 4.90 Å². The second-order valence-electron chi connectivity index (χ2n) is 8.01. The van der Waals surface area contributed by atoms with Crippen molar-refractivity contribution in [2.45, 2.75) is 45.1 Å². The molecule has 2 aromatic heterocycles. The average molecular weight is 405 g/mol. The van der Waals surface area contributed by atoms with E-state index in [2.05, 4.69) is 24.6 Å². The number of rotatable bonds is 4. The fourth-order valence-electron chi connectivity index (χ4n) is 4.45. The Hall–Kier alpha value is -3.36. The molecule has 154 valence electrons. The number of piperidine rings is 1. The van der Waals surface area contributed by atoms with Gasteiger partial charge in [-0.25, -0.2) is 9.97 Å². The Kier molecular flexibility index (Phi) is 4.65. The molecule has 0 bridgehead atoms. The Bertz CT molecular complexity index is 1090. The molecular formula is C21H23N7O2. The van der Waals surface area contributed by atoms with Crippen molar-refractivity contribution >= 4 is 11.5 Å². The third kappa shape index (κ3) is 3.40. The van der Waals surface area contributed by atoms with E-state index in [4.69, 9.17) is 4.98 Å². The van der Waals surface area contributed by atoms with Crippen LogP contribution in [0.25, 0.3) is 11.4 Å². The van der Waals surface area contributed by atoms with Gasteiger partial charge in [0.2, 0.25) is 0 Å². The highest BCUT2D eigenvalue weighted by Crippen LogP contribution is 2.31. The van der Waals surface area contributed by atoms with Crippen molar-refractivity contribution in [1.82, 2.24) is 24.7 Å². The number of nitro groups is 1. The van der Waals surface area contributed by atoms with Crippen LogP contribution in [0.2, 0.25) is 0 Å². The standard InChI is InChI=1S/C21H23N7O2/c1-14-12-19(23-20(22-14)15-6-8-17(9-7-15)28(29)30)26-10-2-4-16(13-26)21-25-24-18-5-3-11-27(18)21/h6-9,12,16H,2-5,10-11,13H2,1H3. The lowest BCUT2D eigenvalue weighted by Gasteiger charge is -2.33. The molecule has 9 heteroatoms. The smallest absolute Gasteiger partial charge is 0.269 e. The van der Waals surface area contributed by atoms with E-state index in [0.717, 1.165) is 74.0 Å². The molecule has 9 nitrogen and oxygen atoms in total. The fraction of sp³-hybridized carbons (Fsp3) is 0.429. The minimum atomic E-state index is -0.401. The van der Waals surface area contributed by atoms with Crippen LogP contribution in [0.4, 0.5) is 11.5 Å². The monoisotopic (exact) mass is 405 g/mol. The van der Waals surface area contributed by atoms with Crippen molar-refractivity contribution in [3.63, 3.8) is 0 Å². The van der Waals surface area contributed by atoms with Gasteiger partial charge in [-0.15, -0.1) is 10.2 Å². The lowest BCUT2D eigenvalue weighted by molar-refractivity contribution is -0.384. The van der Waals surface area contributed by atoms with Crippen molar-refractivity contribution < 1.29 is 4.92 Å². The predicted octanol–water partition coefficient (Wildman–Crippen LogP) is 3.28. The average Bonchev–Trinajstić information content (AvgIpc) is 3.37. The van der Waals surface area contributed by atoms with Crippen molar-refractivity contribution in [3.8, 4) is 11.4 Å². The van der Waals surface area contributed by atoms with Gasteiger partial charge in [-0.1, -0.05) is 0 Å². The number of nitrogens with zero attached hydrogens (tertiary/aromatic N) is 7. The van der Waals surface area contributed by atoms with E-state index < -0.39 is 4.92 Å². The summed E-state index contributed by atoms with van der Waals surface area (Å²) < 4.78 is 2.29. The molecule has 1 aromatic carbocycles. The maximum absolute atomic E-state index is 10.9. The summed E-state index contributed by atoms with van der Waals surface area (Å²) in [6.45, 7) is 4.76. The van der Waals surface area contributed by atoms with E-state index in [1.54, 1.807) is 12.1 Å². The molecule has 0 amide bonds. The number of benzene rings is 1. The second-order valence-corrected chi connectivity index (χ2v) is 8.01. The Labute approximate surface area is 173 Å². The highest BCUT2D eigenvalue weighted by Gasteiger charge is 2.29. The molecule has 0 radical (unpaired) electrons. The van der Waals surface area contributed by atoms with Gasteiger partial charge in [-0.2, -0.15) is 0 Å². The Balaban J connectivity index is 1.41. The summed E-state index contributed by atoms with van der Waals surface area (Å²) >= 11 is 0. The molecule has 30 heavy (non-hydrogen) atoms. The van der Waals surface area contributed by atoms with Gasteiger partial charge in [0.15, 0.2) is 5.82 Å². The van der Waals surface area contributed by atoms with E-state index in [1.165, 1.54) is 12.1 Å². The quantitative estimate of drug-likeness (QED) is 0.485.